The van der Waals surface area contributed by atoms with Crippen LogP contribution in [0.15, 0.2) is 35.3 Å². The van der Waals surface area contributed by atoms with Gasteiger partial charge in [0, 0.05) is 16.8 Å². The third kappa shape index (κ3) is 7.39. The standard InChI is InChI=1S/C30H34IN3O4S/c1-4-37-24-15-20(14-22(31)28(24)38-17-26(32)35)16-33-30-27(21-9-7-5-6-8-10-25(21)39-30)29(36)34-23-13-18(2)11-12-19(23)3/h11-16H,4-10,17H2,1-3H3,(H2,32,35)(H,34,36). The number of anilines is 1. The molecule has 9 heteroatoms. The maximum absolute atomic E-state index is 13.8. The molecule has 4 rings (SSSR count). The first kappa shape index (κ1) is 29.1. The summed E-state index contributed by atoms with van der Waals surface area (Å²) in [6.07, 6.45) is 8.19. The van der Waals surface area contributed by atoms with Crippen molar-refractivity contribution >= 4 is 62.6 Å². The van der Waals surface area contributed by atoms with E-state index in [2.05, 4.69) is 27.9 Å². The Kier molecular flexibility index (Phi) is 10.0. The number of thiophene rings is 1. The third-order valence-electron chi connectivity index (χ3n) is 6.54. The van der Waals surface area contributed by atoms with Gasteiger partial charge in [0.1, 0.15) is 5.00 Å². The van der Waals surface area contributed by atoms with E-state index < -0.39 is 5.91 Å². The zero-order valence-corrected chi connectivity index (χ0v) is 25.5. The van der Waals surface area contributed by atoms with Crippen molar-refractivity contribution in [2.24, 2.45) is 10.7 Å². The molecule has 0 atom stereocenters. The first-order valence-corrected chi connectivity index (χ1v) is 15.1. The summed E-state index contributed by atoms with van der Waals surface area (Å²) in [5.41, 5.74) is 10.8. The molecule has 1 heterocycles. The van der Waals surface area contributed by atoms with Gasteiger partial charge in [-0.3, -0.25) is 9.59 Å². The van der Waals surface area contributed by atoms with E-state index in [1.807, 2.05) is 51.1 Å². The summed E-state index contributed by atoms with van der Waals surface area (Å²) in [7, 11) is 0. The van der Waals surface area contributed by atoms with E-state index in [0.29, 0.717) is 28.7 Å². The van der Waals surface area contributed by atoms with Gasteiger partial charge in [-0.25, -0.2) is 4.99 Å². The number of carbonyl (C=O) groups is 2. The molecule has 2 amide bonds. The van der Waals surface area contributed by atoms with Crippen molar-refractivity contribution in [2.45, 2.75) is 59.3 Å². The van der Waals surface area contributed by atoms with Crippen molar-refractivity contribution < 1.29 is 19.1 Å². The number of ether oxygens (including phenoxy) is 2. The first-order valence-electron chi connectivity index (χ1n) is 13.2. The topological polar surface area (TPSA) is 103 Å². The average molecular weight is 660 g/mol. The van der Waals surface area contributed by atoms with Crippen LogP contribution in [0.5, 0.6) is 11.5 Å². The number of hydrogen-bond donors (Lipinski definition) is 2. The van der Waals surface area contributed by atoms with Crippen molar-refractivity contribution in [3.63, 3.8) is 0 Å². The molecule has 0 saturated carbocycles. The summed E-state index contributed by atoms with van der Waals surface area (Å²) >= 11 is 3.76. The van der Waals surface area contributed by atoms with Gasteiger partial charge in [-0.1, -0.05) is 25.0 Å². The molecule has 0 fully saturated rings. The molecule has 7 nitrogen and oxygen atoms in total. The number of benzene rings is 2. The van der Waals surface area contributed by atoms with Gasteiger partial charge in [0.25, 0.3) is 11.8 Å². The SMILES string of the molecule is CCOc1cc(C=Nc2sc3c(c2C(=O)Nc2cc(C)ccc2C)CCCCCC3)cc(I)c1OCC(N)=O. The second-order valence-corrected chi connectivity index (χ2v) is 11.9. The van der Waals surface area contributed by atoms with Crippen molar-refractivity contribution in [1.82, 2.24) is 0 Å². The lowest BCUT2D eigenvalue weighted by molar-refractivity contribution is -0.120. The van der Waals surface area contributed by atoms with Crippen LogP contribution in [0.2, 0.25) is 0 Å². The number of hydrogen-bond acceptors (Lipinski definition) is 6. The molecule has 0 bridgehead atoms. The number of nitrogens with zero attached hydrogens (tertiary/aromatic N) is 1. The fraction of sp³-hybridized carbons (Fsp3) is 0.367. The lowest BCUT2D eigenvalue weighted by Gasteiger charge is -2.14. The van der Waals surface area contributed by atoms with Gasteiger partial charge in [-0.05, 0) is 109 Å². The fourth-order valence-corrected chi connectivity index (χ4v) is 6.64. The molecule has 0 spiro atoms. The van der Waals surface area contributed by atoms with Crippen LogP contribution in [-0.2, 0) is 17.6 Å². The Morgan fingerprint density at radius 3 is 2.62 bits per heavy atom. The van der Waals surface area contributed by atoms with Gasteiger partial charge < -0.3 is 20.5 Å². The maximum atomic E-state index is 13.8. The predicted octanol–water partition coefficient (Wildman–Crippen LogP) is 6.89. The Bertz CT molecular complexity index is 1400. The number of rotatable bonds is 9. The molecule has 0 unspecified atom stereocenters. The van der Waals surface area contributed by atoms with E-state index in [-0.39, 0.29) is 12.5 Å². The van der Waals surface area contributed by atoms with Gasteiger partial charge in [0.05, 0.1) is 15.7 Å². The summed E-state index contributed by atoms with van der Waals surface area (Å²) in [5, 5.41) is 3.88. The van der Waals surface area contributed by atoms with Crippen LogP contribution in [0.3, 0.4) is 0 Å². The second kappa shape index (κ2) is 13.4. The molecule has 0 aliphatic heterocycles. The highest BCUT2D eigenvalue weighted by Gasteiger charge is 2.24. The number of carbonyl (C=O) groups excluding carboxylic acids is 2. The molecular formula is C30H34IN3O4S. The first-order chi connectivity index (χ1) is 18.8. The van der Waals surface area contributed by atoms with Crippen LogP contribution in [0, 0.1) is 17.4 Å². The Morgan fingerprint density at radius 1 is 1.10 bits per heavy atom. The minimum absolute atomic E-state index is 0.117. The van der Waals surface area contributed by atoms with Crippen LogP contribution in [-0.4, -0.2) is 31.2 Å². The molecule has 1 aromatic heterocycles. The Balaban J connectivity index is 1.71. The zero-order chi connectivity index (χ0) is 27.9. The summed E-state index contributed by atoms with van der Waals surface area (Å²) in [6, 6.07) is 9.80. The highest BCUT2D eigenvalue weighted by molar-refractivity contribution is 14.1. The van der Waals surface area contributed by atoms with Crippen LogP contribution in [0.25, 0.3) is 0 Å². The van der Waals surface area contributed by atoms with Crippen LogP contribution in [0.4, 0.5) is 10.7 Å². The maximum Gasteiger partial charge on any atom is 0.259 e. The molecule has 1 aliphatic carbocycles. The lowest BCUT2D eigenvalue weighted by Crippen LogP contribution is -2.20. The molecular weight excluding hydrogens is 625 g/mol. The summed E-state index contributed by atoms with van der Waals surface area (Å²) in [4.78, 5) is 31.1. The zero-order valence-electron chi connectivity index (χ0n) is 22.6. The fourth-order valence-electron chi connectivity index (χ4n) is 4.63. The molecule has 2 aromatic carbocycles. The van der Waals surface area contributed by atoms with Gasteiger partial charge in [0.2, 0.25) is 0 Å². The summed E-state index contributed by atoms with van der Waals surface area (Å²) in [6.45, 7) is 6.11. The van der Waals surface area contributed by atoms with E-state index in [9.17, 15) is 9.59 Å². The molecule has 206 valence electrons. The van der Waals surface area contributed by atoms with E-state index in [1.54, 1.807) is 17.6 Å². The minimum atomic E-state index is -0.557. The monoisotopic (exact) mass is 659 g/mol. The third-order valence-corrected chi connectivity index (χ3v) is 8.54. The van der Waals surface area contributed by atoms with Crippen LogP contribution in [0.1, 0.15) is 70.1 Å². The lowest BCUT2D eigenvalue weighted by atomic mass is 9.96. The van der Waals surface area contributed by atoms with Gasteiger partial charge in [-0.15, -0.1) is 11.3 Å². The molecule has 0 radical (unpaired) electrons. The van der Waals surface area contributed by atoms with E-state index in [1.165, 1.54) is 17.7 Å². The van der Waals surface area contributed by atoms with Gasteiger partial charge >= 0.3 is 0 Å². The molecule has 1 aliphatic rings. The minimum Gasteiger partial charge on any atom is -0.490 e. The van der Waals surface area contributed by atoms with Crippen LogP contribution < -0.4 is 20.5 Å². The highest BCUT2D eigenvalue weighted by Crippen LogP contribution is 2.40. The average Bonchev–Trinajstić information content (AvgIpc) is 3.20. The number of nitrogens with one attached hydrogen (secondary N) is 1. The van der Waals surface area contributed by atoms with Crippen molar-refractivity contribution in [3.05, 3.63) is 66.6 Å². The number of halogens is 1. The van der Waals surface area contributed by atoms with Crippen molar-refractivity contribution in [2.75, 3.05) is 18.5 Å². The number of aliphatic imine (C=N–C) groups is 1. The number of aryl methyl sites for hydroxylation is 3. The number of primary amides is 1. The van der Waals surface area contributed by atoms with Crippen molar-refractivity contribution in [1.29, 1.82) is 0 Å². The second-order valence-electron chi connectivity index (χ2n) is 9.65. The molecule has 0 saturated heterocycles. The molecule has 3 aromatic rings. The van der Waals surface area contributed by atoms with E-state index in [0.717, 1.165) is 57.2 Å². The summed E-state index contributed by atoms with van der Waals surface area (Å²) in [5.74, 6) is 0.312. The van der Waals surface area contributed by atoms with E-state index in [4.69, 9.17) is 20.2 Å². The number of fused-ring (bicyclic) bond motifs is 1. The van der Waals surface area contributed by atoms with E-state index >= 15 is 0 Å². The number of amides is 2. The van der Waals surface area contributed by atoms with Gasteiger partial charge in [-0.2, -0.15) is 0 Å². The quantitative estimate of drug-likeness (QED) is 0.193. The van der Waals surface area contributed by atoms with Crippen LogP contribution >= 0.6 is 33.9 Å². The number of nitrogens with two attached hydrogens (primary N) is 1. The Hall–Kier alpha value is -2.92. The molecule has 3 N–H and O–H groups in total. The smallest absolute Gasteiger partial charge is 0.259 e. The normalized spacial score (nSPS) is 13.4. The largest absolute Gasteiger partial charge is 0.490 e. The summed E-state index contributed by atoms with van der Waals surface area (Å²) < 4.78 is 12.2. The molecule has 39 heavy (non-hydrogen) atoms. The highest BCUT2D eigenvalue weighted by atomic mass is 127. The van der Waals surface area contributed by atoms with Crippen molar-refractivity contribution in [3.8, 4) is 11.5 Å². The Labute approximate surface area is 247 Å². The van der Waals surface area contributed by atoms with Gasteiger partial charge in [0.15, 0.2) is 18.1 Å². The Morgan fingerprint density at radius 2 is 1.87 bits per heavy atom. The predicted molar refractivity (Wildman–Crippen MR) is 166 cm³/mol.